The lowest BCUT2D eigenvalue weighted by Crippen LogP contribution is -2.53. The first kappa shape index (κ1) is 13.4. The molecule has 1 amide bonds. The highest BCUT2D eigenvalue weighted by atomic mass is 32.1. The number of carbonyl (C=O) groups excluding carboxylic acids is 1. The third-order valence-corrected chi connectivity index (χ3v) is 3.79. The minimum absolute atomic E-state index is 0.111. The van der Waals surface area contributed by atoms with E-state index in [0.717, 1.165) is 25.7 Å². The number of carbonyl (C=O) groups is 1. The minimum Gasteiger partial charge on any atom is -0.391 e. The first-order chi connectivity index (χ1) is 7.43. The summed E-state index contributed by atoms with van der Waals surface area (Å²) in [6, 6.07) is 0. The van der Waals surface area contributed by atoms with Crippen molar-refractivity contribution in [2.75, 3.05) is 0 Å². The maximum atomic E-state index is 12.0. The molecule has 0 spiro atoms. The zero-order valence-electron chi connectivity index (χ0n) is 10.2. The number of hydrogen-bond donors (Lipinski definition) is 2. The molecule has 4 heteroatoms. The smallest absolute Gasteiger partial charge is 0.223 e. The normalized spacial score (nSPS) is 18.9. The summed E-state index contributed by atoms with van der Waals surface area (Å²) < 4.78 is 0. The SMILES string of the molecule is CC(C)(NC(=O)C1CCCCCC1)C(N)=S. The van der Waals surface area contributed by atoms with E-state index in [9.17, 15) is 4.79 Å². The van der Waals surface area contributed by atoms with Crippen LogP contribution < -0.4 is 11.1 Å². The van der Waals surface area contributed by atoms with Crippen LogP contribution in [0.1, 0.15) is 52.4 Å². The summed E-state index contributed by atoms with van der Waals surface area (Å²) in [6.07, 6.45) is 6.82. The van der Waals surface area contributed by atoms with E-state index in [2.05, 4.69) is 5.32 Å². The Bertz CT molecular complexity index is 268. The number of nitrogens with one attached hydrogen (secondary N) is 1. The molecule has 0 saturated heterocycles. The van der Waals surface area contributed by atoms with Crippen molar-refractivity contribution in [3.8, 4) is 0 Å². The van der Waals surface area contributed by atoms with E-state index in [4.69, 9.17) is 18.0 Å². The molecule has 0 radical (unpaired) electrons. The molecule has 0 unspecified atom stereocenters. The maximum absolute atomic E-state index is 12.0. The summed E-state index contributed by atoms with van der Waals surface area (Å²) in [6.45, 7) is 3.70. The van der Waals surface area contributed by atoms with Crippen LogP contribution in [0.25, 0.3) is 0 Å². The number of hydrogen-bond acceptors (Lipinski definition) is 2. The summed E-state index contributed by atoms with van der Waals surface area (Å²) in [7, 11) is 0. The van der Waals surface area contributed by atoms with Crippen LogP contribution in [0.4, 0.5) is 0 Å². The second kappa shape index (κ2) is 5.62. The quantitative estimate of drug-likeness (QED) is 0.589. The molecule has 0 heterocycles. The Kier molecular flexibility index (Phi) is 4.71. The molecule has 0 aliphatic heterocycles. The molecule has 1 rings (SSSR count). The van der Waals surface area contributed by atoms with Gasteiger partial charge in [0.2, 0.25) is 5.91 Å². The van der Waals surface area contributed by atoms with Crippen molar-refractivity contribution in [3.63, 3.8) is 0 Å². The highest BCUT2D eigenvalue weighted by Gasteiger charge is 2.28. The summed E-state index contributed by atoms with van der Waals surface area (Å²) in [5.74, 6) is 0.260. The molecule has 3 nitrogen and oxygen atoms in total. The van der Waals surface area contributed by atoms with Crippen LogP contribution in [-0.2, 0) is 4.79 Å². The summed E-state index contributed by atoms with van der Waals surface area (Å²) in [4.78, 5) is 12.4. The maximum Gasteiger partial charge on any atom is 0.223 e. The lowest BCUT2D eigenvalue weighted by Gasteiger charge is -2.27. The molecule has 1 saturated carbocycles. The van der Waals surface area contributed by atoms with Gasteiger partial charge in [0.25, 0.3) is 0 Å². The first-order valence-electron chi connectivity index (χ1n) is 6.05. The molecule has 92 valence electrons. The molecule has 3 N–H and O–H groups in total. The number of rotatable bonds is 3. The number of thiocarbonyl (C=S) groups is 1. The number of nitrogens with two attached hydrogens (primary N) is 1. The predicted molar refractivity (Wildman–Crippen MR) is 70.2 cm³/mol. The van der Waals surface area contributed by atoms with Crippen LogP contribution in [0.5, 0.6) is 0 Å². The Balaban J connectivity index is 2.53. The summed E-state index contributed by atoms with van der Waals surface area (Å²) in [5.41, 5.74) is 5.02. The highest BCUT2D eigenvalue weighted by Crippen LogP contribution is 2.23. The molecule has 1 aliphatic rings. The molecular weight excluding hydrogens is 220 g/mol. The summed E-state index contributed by atoms with van der Waals surface area (Å²) in [5, 5.41) is 2.95. The lowest BCUT2D eigenvalue weighted by molar-refractivity contribution is -0.126. The van der Waals surface area contributed by atoms with Gasteiger partial charge in [-0.15, -0.1) is 0 Å². The third-order valence-electron chi connectivity index (χ3n) is 3.28. The molecule has 1 fully saturated rings. The topological polar surface area (TPSA) is 55.1 Å². The molecule has 0 aromatic carbocycles. The van der Waals surface area contributed by atoms with Gasteiger partial charge in [0.15, 0.2) is 0 Å². The monoisotopic (exact) mass is 242 g/mol. The average Bonchev–Trinajstić information content (AvgIpc) is 2.44. The van der Waals surface area contributed by atoms with Gasteiger partial charge >= 0.3 is 0 Å². The zero-order chi connectivity index (χ0) is 12.2. The van der Waals surface area contributed by atoms with E-state index in [0.29, 0.717) is 4.99 Å². The largest absolute Gasteiger partial charge is 0.391 e. The summed E-state index contributed by atoms with van der Waals surface area (Å²) >= 11 is 4.94. The van der Waals surface area contributed by atoms with E-state index >= 15 is 0 Å². The van der Waals surface area contributed by atoms with Crippen molar-refractivity contribution in [1.29, 1.82) is 0 Å². The van der Waals surface area contributed by atoms with Gasteiger partial charge in [-0.2, -0.15) is 0 Å². The van der Waals surface area contributed by atoms with Gasteiger partial charge in [0.1, 0.15) is 0 Å². The Morgan fingerprint density at radius 2 is 1.75 bits per heavy atom. The van der Waals surface area contributed by atoms with Crippen molar-refractivity contribution >= 4 is 23.1 Å². The molecule has 0 aromatic heterocycles. The first-order valence-corrected chi connectivity index (χ1v) is 6.46. The molecular formula is C12H22N2OS. The Morgan fingerprint density at radius 3 is 2.19 bits per heavy atom. The van der Waals surface area contributed by atoms with Crippen LogP contribution in [0.15, 0.2) is 0 Å². The van der Waals surface area contributed by atoms with E-state index in [-0.39, 0.29) is 11.8 Å². The Morgan fingerprint density at radius 1 is 1.25 bits per heavy atom. The number of amides is 1. The Hall–Kier alpha value is -0.640. The fourth-order valence-electron chi connectivity index (χ4n) is 2.01. The van der Waals surface area contributed by atoms with Gasteiger partial charge in [-0.3, -0.25) is 4.79 Å². The van der Waals surface area contributed by atoms with Gasteiger partial charge in [-0.05, 0) is 26.7 Å². The van der Waals surface area contributed by atoms with Crippen molar-refractivity contribution < 1.29 is 4.79 Å². The van der Waals surface area contributed by atoms with Gasteiger partial charge < -0.3 is 11.1 Å². The van der Waals surface area contributed by atoms with E-state index in [1.807, 2.05) is 13.8 Å². The van der Waals surface area contributed by atoms with Crippen LogP contribution in [0.3, 0.4) is 0 Å². The molecule has 0 aromatic rings. The highest BCUT2D eigenvalue weighted by molar-refractivity contribution is 7.80. The molecule has 16 heavy (non-hydrogen) atoms. The fraction of sp³-hybridized carbons (Fsp3) is 0.833. The van der Waals surface area contributed by atoms with E-state index in [1.165, 1.54) is 12.8 Å². The zero-order valence-corrected chi connectivity index (χ0v) is 11.0. The molecule has 0 atom stereocenters. The van der Waals surface area contributed by atoms with Gasteiger partial charge in [0.05, 0.1) is 10.5 Å². The van der Waals surface area contributed by atoms with Crippen molar-refractivity contribution in [1.82, 2.24) is 5.32 Å². The van der Waals surface area contributed by atoms with E-state index < -0.39 is 5.54 Å². The second-order valence-corrected chi connectivity index (χ2v) is 5.61. The predicted octanol–water partition coefficient (Wildman–Crippen LogP) is 2.14. The van der Waals surface area contributed by atoms with Gasteiger partial charge in [0, 0.05) is 5.92 Å². The van der Waals surface area contributed by atoms with Crippen LogP contribution >= 0.6 is 12.2 Å². The second-order valence-electron chi connectivity index (χ2n) is 5.17. The fourth-order valence-corrected chi connectivity index (χ4v) is 2.06. The third kappa shape index (κ3) is 3.74. The van der Waals surface area contributed by atoms with Crippen molar-refractivity contribution in [3.05, 3.63) is 0 Å². The van der Waals surface area contributed by atoms with Crippen molar-refractivity contribution in [2.24, 2.45) is 11.7 Å². The van der Waals surface area contributed by atoms with Gasteiger partial charge in [-0.25, -0.2) is 0 Å². The van der Waals surface area contributed by atoms with Gasteiger partial charge in [-0.1, -0.05) is 37.9 Å². The van der Waals surface area contributed by atoms with Crippen LogP contribution in [0, 0.1) is 5.92 Å². The minimum atomic E-state index is -0.571. The standard InChI is InChI=1S/C12H22N2OS/c1-12(2,11(13)16)14-10(15)9-7-5-3-4-6-8-9/h9H,3-8H2,1-2H3,(H2,13,16)(H,14,15). The van der Waals surface area contributed by atoms with Crippen LogP contribution in [0.2, 0.25) is 0 Å². The Labute approximate surface area is 103 Å². The lowest BCUT2D eigenvalue weighted by atomic mass is 9.97. The van der Waals surface area contributed by atoms with Crippen molar-refractivity contribution in [2.45, 2.75) is 57.9 Å². The molecule has 1 aliphatic carbocycles. The molecule has 0 bridgehead atoms. The van der Waals surface area contributed by atoms with Crippen LogP contribution in [-0.4, -0.2) is 16.4 Å². The van der Waals surface area contributed by atoms with E-state index in [1.54, 1.807) is 0 Å². The average molecular weight is 242 g/mol.